The molecule has 1 amide bonds. The van der Waals surface area contributed by atoms with E-state index in [2.05, 4.69) is 51.6 Å². The van der Waals surface area contributed by atoms with E-state index in [1.54, 1.807) is 7.11 Å². The average molecular weight is 490 g/mol. The van der Waals surface area contributed by atoms with Crippen molar-refractivity contribution in [1.29, 1.82) is 0 Å². The van der Waals surface area contributed by atoms with Crippen LogP contribution in [0, 0.1) is 6.92 Å². The van der Waals surface area contributed by atoms with Crippen LogP contribution >= 0.6 is 11.8 Å². The van der Waals surface area contributed by atoms with Crippen LogP contribution in [0.15, 0.2) is 59.8 Å². The summed E-state index contributed by atoms with van der Waals surface area (Å²) in [5.74, 6) is 1.13. The second-order valence-corrected chi connectivity index (χ2v) is 9.94. The predicted molar refractivity (Wildman–Crippen MR) is 140 cm³/mol. The number of carbonyl (C=O) groups excluding carboxylic acids is 1. The number of hydrogen-bond donors (Lipinski definition) is 1. The highest BCUT2D eigenvalue weighted by Gasteiger charge is 2.23. The van der Waals surface area contributed by atoms with Crippen molar-refractivity contribution in [3.8, 4) is 5.75 Å². The zero-order valence-electron chi connectivity index (χ0n) is 20.2. The van der Waals surface area contributed by atoms with E-state index in [9.17, 15) is 4.79 Å². The van der Waals surface area contributed by atoms with Gasteiger partial charge in [-0.1, -0.05) is 48.5 Å². The number of methoxy groups -OCH3 is 1. The lowest BCUT2D eigenvalue weighted by molar-refractivity contribution is -0.118. The first-order valence-corrected chi connectivity index (χ1v) is 13.1. The fourth-order valence-corrected chi connectivity index (χ4v) is 5.66. The number of rotatable bonds is 8. The third-order valence-electron chi connectivity index (χ3n) is 6.73. The summed E-state index contributed by atoms with van der Waals surface area (Å²) >= 11 is 1.42. The van der Waals surface area contributed by atoms with E-state index >= 15 is 0 Å². The summed E-state index contributed by atoms with van der Waals surface area (Å²) in [6.07, 6.45) is 3.67. The number of nitrogens with one attached hydrogen (secondary N) is 1. The molecule has 0 spiro atoms. The minimum Gasteiger partial charge on any atom is -0.497 e. The van der Waals surface area contributed by atoms with Crippen molar-refractivity contribution in [1.82, 2.24) is 24.8 Å². The molecule has 0 saturated carbocycles. The lowest BCUT2D eigenvalue weighted by Gasteiger charge is -2.35. The SMILES string of the molecule is COc1ccc(C(CNC(=O)CSc2nnc3cc(C)c4ccccc4n23)N2CCCCC2)cc1. The second-order valence-electron chi connectivity index (χ2n) is 9.00. The molecule has 0 aliphatic carbocycles. The molecule has 2 aromatic carbocycles. The van der Waals surface area contributed by atoms with Crippen LogP contribution in [0.1, 0.15) is 36.4 Å². The molecule has 2 aromatic heterocycles. The largest absolute Gasteiger partial charge is 0.497 e. The maximum atomic E-state index is 12.9. The van der Waals surface area contributed by atoms with Gasteiger partial charge in [-0.25, -0.2) is 0 Å². The van der Waals surface area contributed by atoms with Crippen LogP contribution < -0.4 is 10.1 Å². The van der Waals surface area contributed by atoms with Gasteiger partial charge in [-0.05, 0) is 68.2 Å². The lowest BCUT2D eigenvalue weighted by Crippen LogP contribution is -2.41. The summed E-state index contributed by atoms with van der Waals surface area (Å²) in [6, 6.07) is 18.6. The maximum Gasteiger partial charge on any atom is 0.230 e. The fourth-order valence-electron chi connectivity index (χ4n) is 4.87. The maximum absolute atomic E-state index is 12.9. The summed E-state index contributed by atoms with van der Waals surface area (Å²) in [7, 11) is 1.68. The highest BCUT2D eigenvalue weighted by atomic mass is 32.2. The fraction of sp³-hybridized carbons (Fsp3) is 0.370. The summed E-state index contributed by atoms with van der Waals surface area (Å²) in [6.45, 7) is 4.77. The minimum atomic E-state index is -0.00121. The number of amides is 1. The lowest BCUT2D eigenvalue weighted by atomic mass is 10.0. The molecular weight excluding hydrogens is 458 g/mol. The van der Waals surface area contributed by atoms with Gasteiger partial charge in [0.25, 0.3) is 0 Å². The van der Waals surface area contributed by atoms with Crippen molar-refractivity contribution >= 4 is 34.2 Å². The van der Waals surface area contributed by atoms with Gasteiger partial charge in [-0.2, -0.15) is 0 Å². The number of aryl methyl sites for hydroxylation is 1. The molecule has 0 bridgehead atoms. The van der Waals surface area contributed by atoms with Gasteiger partial charge < -0.3 is 10.1 Å². The van der Waals surface area contributed by atoms with Crippen molar-refractivity contribution < 1.29 is 9.53 Å². The number of pyridine rings is 1. The van der Waals surface area contributed by atoms with E-state index in [0.717, 1.165) is 46.1 Å². The van der Waals surface area contributed by atoms with E-state index in [4.69, 9.17) is 4.74 Å². The van der Waals surface area contributed by atoms with Crippen molar-refractivity contribution in [2.75, 3.05) is 32.5 Å². The predicted octanol–water partition coefficient (Wildman–Crippen LogP) is 4.64. The Morgan fingerprint density at radius 1 is 1.09 bits per heavy atom. The van der Waals surface area contributed by atoms with Crippen LogP contribution in [0.5, 0.6) is 5.75 Å². The molecule has 5 rings (SSSR count). The van der Waals surface area contributed by atoms with Crippen LogP contribution in [0.2, 0.25) is 0 Å². The van der Waals surface area contributed by atoms with Gasteiger partial charge >= 0.3 is 0 Å². The minimum absolute atomic E-state index is 0.00121. The zero-order valence-corrected chi connectivity index (χ0v) is 21.1. The smallest absolute Gasteiger partial charge is 0.230 e. The standard InChI is InChI=1S/C27H31N5O2S/c1-19-16-25-29-30-27(32(25)23-9-5-4-8-22(19)23)35-18-26(33)28-17-24(31-14-6-3-7-15-31)20-10-12-21(34-2)13-11-20/h4-5,8-13,16,24H,3,6-7,14-15,17-18H2,1-2H3,(H,28,33). The Labute approximate surface area is 209 Å². The Balaban J connectivity index is 1.27. The molecule has 8 heteroatoms. The second kappa shape index (κ2) is 10.7. The monoisotopic (exact) mass is 489 g/mol. The van der Waals surface area contributed by atoms with E-state index in [1.165, 1.54) is 36.6 Å². The summed E-state index contributed by atoms with van der Waals surface area (Å²) in [4.78, 5) is 15.4. The molecule has 4 aromatic rings. The molecule has 1 saturated heterocycles. The molecule has 35 heavy (non-hydrogen) atoms. The van der Waals surface area contributed by atoms with E-state index in [-0.39, 0.29) is 11.9 Å². The van der Waals surface area contributed by atoms with Crippen LogP contribution in [0.3, 0.4) is 0 Å². The number of thioether (sulfide) groups is 1. The van der Waals surface area contributed by atoms with Crippen molar-refractivity contribution in [2.24, 2.45) is 0 Å². The van der Waals surface area contributed by atoms with Gasteiger partial charge in [0.1, 0.15) is 5.75 Å². The van der Waals surface area contributed by atoms with Crippen molar-refractivity contribution in [3.63, 3.8) is 0 Å². The number of likely N-dealkylation sites (tertiary alicyclic amines) is 1. The Kier molecular flexibility index (Phi) is 7.20. The topological polar surface area (TPSA) is 71.8 Å². The number of fused-ring (bicyclic) bond motifs is 3. The highest BCUT2D eigenvalue weighted by molar-refractivity contribution is 7.99. The summed E-state index contributed by atoms with van der Waals surface area (Å²) in [5, 5.41) is 13.8. The highest BCUT2D eigenvalue weighted by Crippen LogP contribution is 2.27. The van der Waals surface area contributed by atoms with Gasteiger partial charge in [0, 0.05) is 11.9 Å². The quantitative estimate of drug-likeness (QED) is 0.364. The first kappa shape index (κ1) is 23.6. The average Bonchev–Trinajstić information content (AvgIpc) is 3.31. The number of ether oxygens (including phenoxy) is 1. The summed E-state index contributed by atoms with van der Waals surface area (Å²) in [5.41, 5.74) is 4.22. The van der Waals surface area contributed by atoms with E-state index < -0.39 is 0 Å². The molecule has 1 aliphatic rings. The molecule has 1 fully saturated rings. The Hall–Kier alpha value is -3.10. The third kappa shape index (κ3) is 5.13. The Morgan fingerprint density at radius 3 is 2.63 bits per heavy atom. The number of benzene rings is 2. The van der Waals surface area contributed by atoms with Gasteiger partial charge in [-0.3, -0.25) is 14.1 Å². The first-order valence-electron chi connectivity index (χ1n) is 12.1. The van der Waals surface area contributed by atoms with Gasteiger partial charge in [0.2, 0.25) is 5.91 Å². The van der Waals surface area contributed by atoms with Gasteiger partial charge in [-0.15, -0.1) is 10.2 Å². The van der Waals surface area contributed by atoms with Crippen molar-refractivity contribution in [3.05, 3.63) is 65.7 Å². The van der Waals surface area contributed by atoms with Crippen molar-refractivity contribution in [2.45, 2.75) is 37.4 Å². The van der Waals surface area contributed by atoms with Crippen LogP contribution in [0.25, 0.3) is 16.6 Å². The summed E-state index contributed by atoms with van der Waals surface area (Å²) < 4.78 is 7.36. The number of piperidine rings is 1. The molecule has 1 atom stereocenters. The number of aromatic nitrogens is 3. The third-order valence-corrected chi connectivity index (χ3v) is 7.66. The number of carbonyl (C=O) groups is 1. The zero-order chi connectivity index (χ0) is 24.2. The van der Waals surface area contributed by atoms with Gasteiger partial charge in [0.15, 0.2) is 10.8 Å². The first-order chi connectivity index (χ1) is 17.1. The molecule has 1 unspecified atom stereocenters. The molecule has 182 valence electrons. The van der Waals surface area contributed by atoms with Crippen LogP contribution in [-0.2, 0) is 4.79 Å². The normalized spacial score (nSPS) is 15.4. The van der Waals surface area contributed by atoms with Gasteiger partial charge in [0.05, 0.1) is 24.4 Å². The van der Waals surface area contributed by atoms with E-state index in [1.807, 2.05) is 34.7 Å². The van der Waals surface area contributed by atoms with E-state index in [0.29, 0.717) is 12.3 Å². The molecule has 0 radical (unpaired) electrons. The molecule has 7 nitrogen and oxygen atoms in total. The number of nitrogens with zero attached hydrogens (tertiary/aromatic N) is 4. The molecule has 3 heterocycles. The number of hydrogen-bond acceptors (Lipinski definition) is 6. The molecule has 1 N–H and O–H groups in total. The van der Waals surface area contributed by atoms with Crippen LogP contribution in [-0.4, -0.2) is 57.9 Å². The Morgan fingerprint density at radius 2 is 1.86 bits per heavy atom. The Bertz CT molecular complexity index is 1310. The molecular formula is C27H31N5O2S. The van der Waals surface area contributed by atoms with Crippen LogP contribution in [0.4, 0.5) is 0 Å². The molecule has 1 aliphatic heterocycles. The number of para-hydroxylation sites is 1.